The Hall–Kier alpha value is -2.30. The van der Waals surface area contributed by atoms with Crippen LogP contribution in [0.15, 0.2) is 30.5 Å². The fourth-order valence-corrected chi connectivity index (χ4v) is 2.77. The van der Waals surface area contributed by atoms with Crippen molar-refractivity contribution in [3.05, 3.63) is 30.5 Å². The zero-order valence-electron chi connectivity index (χ0n) is 11.0. The Bertz CT molecular complexity index is 671. The Kier molecular flexibility index (Phi) is 2.97. The van der Waals surface area contributed by atoms with Crippen LogP contribution < -0.4 is 5.32 Å². The van der Waals surface area contributed by atoms with E-state index in [0.29, 0.717) is 18.5 Å². The molecule has 3 rings (SSSR count). The fraction of sp³-hybridized carbons (Fsp3) is 0.333. The number of aromatic nitrogens is 1. The molecule has 3 N–H and O–H groups in total. The van der Waals surface area contributed by atoms with Crippen LogP contribution in [-0.2, 0) is 9.59 Å². The largest absolute Gasteiger partial charge is 0.481 e. The van der Waals surface area contributed by atoms with Crippen LogP contribution >= 0.6 is 0 Å². The molecule has 5 heteroatoms. The molecule has 1 aliphatic carbocycles. The normalized spacial score (nSPS) is 16.6. The molecule has 0 aliphatic heterocycles. The Balaban J connectivity index is 1.76. The van der Waals surface area contributed by atoms with E-state index in [1.54, 1.807) is 0 Å². The SMILES string of the molecule is O=C(CC1(C(=O)O)CCC1)Nc1cccc2[nH]ccc12. The molecule has 0 saturated heterocycles. The van der Waals surface area contributed by atoms with Crippen LogP contribution in [0.5, 0.6) is 0 Å². The van der Waals surface area contributed by atoms with Crippen molar-refractivity contribution in [2.45, 2.75) is 25.7 Å². The summed E-state index contributed by atoms with van der Waals surface area (Å²) in [6.45, 7) is 0. The fourth-order valence-electron chi connectivity index (χ4n) is 2.77. The van der Waals surface area contributed by atoms with Gasteiger partial charge in [-0.15, -0.1) is 0 Å². The van der Waals surface area contributed by atoms with Gasteiger partial charge in [0.05, 0.1) is 11.1 Å². The van der Waals surface area contributed by atoms with E-state index in [1.165, 1.54) is 0 Å². The van der Waals surface area contributed by atoms with Gasteiger partial charge in [-0.3, -0.25) is 9.59 Å². The molecule has 1 aromatic heterocycles. The molecular formula is C15H16N2O3. The van der Waals surface area contributed by atoms with Crippen molar-refractivity contribution in [2.24, 2.45) is 5.41 Å². The number of aromatic amines is 1. The lowest BCUT2D eigenvalue weighted by Crippen LogP contribution is -2.41. The molecule has 0 atom stereocenters. The maximum absolute atomic E-state index is 12.1. The summed E-state index contributed by atoms with van der Waals surface area (Å²) >= 11 is 0. The van der Waals surface area contributed by atoms with E-state index in [4.69, 9.17) is 0 Å². The van der Waals surface area contributed by atoms with Gasteiger partial charge in [0.1, 0.15) is 0 Å². The van der Waals surface area contributed by atoms with Crippen molar-refractivity contribution in [3.8, 4) is 0 Å². The second kappa shape index (κ2) is 4.67. The van der Waals surface area contributed by atoms with Crippen molar-refractivity contribution in [1.29, 1.82) is 0 Å². The number of H-pyrrole nitrogens is 1. The van der Waals surface area contributed by atoms with Crippen molar-refractivity contribution in [3.63, 3.8) is 0 Å². The molecule has 2 aromatic rings. The van der Waals surface area contributed by atoms with Crippen LogP contribution in [0, 0.1) is 5.41 Å². The van der Waals surface area contributed by atoms with Gasteiger partial charge in [-0.2, -0.15) is 0 Å². The van der Waals surface area contributed by atoms with E-state index in [-0.39, 0.29) is 12.3 Å². The number of benzene rings is 1. The van der Waals surface area contributed by atoms with Crippen molar-refractivity contribution >= 4 is 28.5 Å². The number of carboxylic acids is 1. The van der Waals surface area contributed by atoms with Gasteiger partial charge in [-0.1, -0.05) is 12.5 Å². The molecule has 1 heterocycles. The van der Waals surface area contributed by atoms with Crippen molar-refractivity contribution in [1.82, 2.24) is 4.98 Å². The summed E-state index contributed by atoms with van der Waals surface area (Å²) in [6, 6.07) is 7.49. The number of aliphatic carboxylic acids is 1. The topological polar surface area (TPSA) is 82.2 Å². The number of amides is 1. The maximum Gasteiger partial charge on any atom is 0.310 e. The first-order chi connectivity index (χ1) is 9.61. The van der Waals surface area contributed by atoms with Gasteiger partial charge in [-0.25, -0.2) is 0 Å². The van der Waals surface area contributed by atoms with Gasteiger partial charge in [0, 0.05) is 23.5 Å². The number of fused-ring (bicyclic) bond motifs is 1. The first-order valence-electron chi connectivity index (χ1n) is 6.70. The van der Waals surface area contributed by atoms with E-state index < -0.39 is 11.4 Å². The average Bonchev–Trinajstić information content (AvgIpc) is 2.82. The molecule has 1 fully saturated rings. The number of carbonyl (C=O) groups excluding carboxylic acids is 1. The predicted octanol–water partition coefficient (Wildman–Crippen LogP) is 2.75. The van der Waals surface area contributed by atoms with E-state index in [2.05, 4.69) is 10.3 Å². The van der Waals surface area contributed by atoms with Crippen molar-refractivity contribution < 1.29 is 14.7 Å². The first kappa shape index (κ1) is 12.7. The monoisotopic (exact) mass is 272 g/mol. The average molecular weight is 272 g/mol. The standard InChI is InChI=1S/C15H16N2O3/c18-13(9-15(14(19)20)6-2-7-15)17-12-4-1-3-11-10(12)5-8-16-11/h1,3-5,8,16H,2,6-7,9H2,(H,17,18)(H,19,20). The molecular weight excluding hydrogens is 256 g/mol. The molecule has 104 valence electrons. The zero-order chi connectivity index (χ0) is 14.2. The highest BCUT2D eigenvalue weighted by molar-refractivity contribution is 6.02. The summed E-state index contributed by atoms with van der Waals surface area (Å²) in [4.78, 5) is 26.5. The summed E-state index contributed by atoms with van der Waals surface area (Å²) < 4.78 is 0. The quantitative estimate of drug-likeness (QED) is 0.800. The van der Waals surface area contributed by atoms with Crippen LogP contribution in [0.25, 0.3) is 10.9 Å². The molecule has 0 spiro atoms. The second-order valence-corrected chi connectivity index (χ2v) is 5.41. The highest BCUT2D eigenvalue weighted by atomic mass is 16.4. The lowest BCUT2D eigenvalue weighted by molar-refractivity contribution is -0.157. The van der Waals surface area contributed by atoms with Crippen LogP contribution in [-0.4, -0.2) is 22.0 Å². The number of rotatable bonds is 4. The Morgan fingerprint density at radius 2 is 2.10 bits per heavy atom. The molecule has 1 amide bonds. The number of anilines is 1. The number of nitrogens with one attached hydrogen (secondary N) is 2. The molecule has 0 radical (unpaired) electrons. The minimum absolute atomic E-state index is 0.0448. The summed E-state index contributed by atoms with van der Waals surface area (Å²) in [5.74, 6) is -1.10. The van der Waals surface area contributed by atoms with Gasteiger partial charge in [-0.05, 0) is 31.0 Å². The minimum atomic E-state index is -0.862. The molecule has 1 saturated carbocycles. The van der Waals surface area contributed by atoms with Crippen LogP contribution in [0.4, 0.5) is 5.69 Å². The third kappa shape index (κ3) is 2.05. The first-order valence-corrected chi connectivity index (χ1v) is 6.70. The van der Waals surface area contributed by atoms with Gasteiger partial charge in [0.25, 0.3) is 0 Å². The van der Waals surface area contributed by atoms with Gasteiger partial charge in [0.2, 0.25) is 5.91 Å². The van der Waals surface area contributed by atoms with Gasteiger partial charge < -0.3 is 15.4 Å². The Morgan fingerprint density at radius 1 is 1.30 bits per heavy atom. The maximum atomic E-state index is 12.1. The number of carboxylic acid groups (broad SMARTS) is 1. The molecule has 0 unspecified atom stereocenters. The summed E-state index contributed by atoms with van der Waals surface area (Å²) in [6.07, 6.45) is 3.91. The zero-order valence-corrected chi connectivity index (χ0v) is 11.0. The second-order valence-electron chi connectivity index (χ2n) is 5.41. The predicted molar refractivity (Wildman–Crippen MR) is 75.5 cm³/mol. The lowest BCUT2D eigenvalue weighted by Gasteiger charge is -2.36. The number of hydrogen-bond acceptors (Lipinski definition) is 2. The highest BCUT2D eigenvalue weighted by Crippen LogP contribution is 2.44. The van der Waals surface area contributed by atoms with Crippen LogP contribution in [0.1, 0.15) is 25.7 Å². The Labute approximate surface area is 116 Å². The van der Waals surface area contributed by atoms with E-state index in [9.17, 15) is 14.7 Å². The van der Waals surface area contributed by atoms with E-state index in [0.717, 1.165) is 17.3 Å². The van der Waals surface area contributed by atoms with Crippen LogP contribution in [0.2, 0.25) is 0 Å². The molecule has 1 aromatic carbocycles. The van der Waals surface area contributed by atoms with Gasteiger partial charge >= 0.3 is 5.97 Å². The number of carbonyl (C=O) groups is 2. The summed E-state index contributed by atoms with van der Waals surface area (Å²) in [5, 5.41) is 13.0. The third-order valence-corrected chi connectivity index (χ3v) is 4.13. The lowest BCUT2D eigenvalue weighted by atomic mass is 9.66. The van der Waals surface area contributed by atoms with Crippen LogP contribution in [0.3, 0.4) is 0 Å². The van der Waals surface area contributed by atoms with Gasteiger partial charge in [0.15, 0.2) is 0 Å². The summed E-state index contributed by atoms with van der Waals surface area (Å²) in [5.41, 5.74) is 0.809. The Morgan fingerprint density at radius 3 is 2.75 bits per heavy atom. The summed E-state index contributed by atoms with van der Waals surface area (Å²) in [7, 11) is 0. The molecule has 5 nitrogen and oxygen atoms in total. The van der Waals surface area contributed by atoms with E-state index >= 15 is 0 Å². The smallest absolute Gasteiger partial charge is 0.310 e. The minimum Gasteiger partial charge on any atom is -0.481 e. The molecule has 0 bridgehead atoms. The highest BCUT2D eigenvalue weighted by Gasteiger charge is 2.45. The molecule has 20 heavy (non-hydrogen) atoms. The third-order valence-electron chi connectivity index (χ3n) is 4.13. The van der Waals surface area contributed by atoms with E-state index in [1.807, 2.05) is 30.5 Å². The van der Waals surface area contributed by atoms with Crippen molar-refractivity contribution in [2.75, 3.05) is 5.32 Å². The number of hydrogen-bond donors (Lipinski definition) is 3. The molecule has 1 aliphatic rings.